The second-order valence-corrected chi connectivity index (χ2v) is 10.3. The van der Waals surface area contributed by atoms with Crippen molar-refractivity contribution in [2.75, 3.05) is 26.2 Å². The first kappa shape index (κ1) is 31.7. The van der Waals surface area contributed by atoms with Crippen molar-refractivity contribution in [3.05, 3.63) is 72.4 Å². The highest BCUT2D eigenvalue weighted by atomic mass is 16.6. The zero-order valence-electron chi connectivity index (χ0n) is 25.6. The number of imidazole rings is 1. The quantitative estimate of drug-likeness (QED) is 0.115. The molecule has 0 bridgehead atoms. The molecule has 0 aliphatic carbocycles. The molecule has 43 heavy (non-hydrogen) atoms. The smallest absolute Gasteiger partial charge is 0.319 e. The summed E-state index contributed by atoms with van der Waals surface area (Å²) in [7, 11) is 0. The number of nitro groups is 1. The molecule has 0 atom stereocenters. The number of aromatic amines is 1. The van der Waals surface area contributed by atoms with Gasteiger partial charge in [0, 0.05) is 25.2 Å². The number of rotatable bonds is 16. The molecule has 1 N–H and O–H groups in total. The highest BCUT2D eigenvalue weighted by Gasteiger charge is 2.28. The van der Waals surface area contributed by atoms with Gasteiger partial charge in [0.25, 0.3) is 11.2 Å². The molecule has 15 heteroatoms. The summed E-state index contributed by atoms with van der Waals surface area (Å²) in [5.74, 6) is 1.07. The van der Waals surface area contributed by atoms with Gasteiger partial charge in [-0.1, -0.05) is 46.8 Å². The van der Waals surface area contributed by atoms with Crippen LogP contribution in [0.5, 0.6) is 0 Å². The number of hydrogen-bond donors (Lipinski definition) is 1. The summed E-state index contributed by atoms with van der Waals surface area (Å²) in [5, 5.41) is 25.3. The summed E-state index contributed by atoms with van der Waals surface area (Å²) < 4.78 is 4.78. The lowest BCUT2D eigenvalue weighted by molar-refractivity contribution is -0.384. The molecule has 0 saturated heterocycles. The van der Waals surface area contributed by atoms with Gasteiger partial charge in [-0.05, 0) is 55.0 Å². The molecule has 0 aliphatic heterocycles. The molecule has 0 spiro atoms. The number of aryl methyl sites for hydroxylation is 2. The fraction of sp³-hybridized carbons (Fsp3) is 0.571. The van der Waals surface area contributed by atoms with Gasteiger partial charge in [-0.3, -0.25) is 33.8 Å². The van der Waals surface area contributed by atoms with Gasteiger partial charge in [0.15, 0.2) is 17.0 Å². The lowest BCUT2D eigenvalue weighted by Gasteiger charge is -2.38. The summed E-state index contributed by atoms with van der Waals surface area (Å²) in [5.41, 5.74) is 0.701. The van der Waals surface area contributed by atoms with E-state index >= 15 is 0 Å². The number of nitro benzene ring substituents is 1. The number of fused-ring (bicyclic) bond motifs is 1. The van der Waals surface area contributed by atoms with Crippen LogP contribution < -0.4 is 11.2 Å². The van der Waals surface area contributed by atoms with Crippen LogP contribution in [0.25, 0.3) is 11.2 Å². The lowest BCUT2D eigenvalue weighted by atomic mass is 10.1. The Morgan fingerprint density at radius 2 is 1.58 bits per heavy atom. The minimum Gasteiger partial charge on any atom is -0.319 e. The molecule has 0 amide bonds. The summed E-state index contributed by atoms with van der Waals surface area (Å²) in [6.45, 7) is 14.7. The maximum atomic E-state index is 14.1. The standard InChI is InChI=1S/C28H41N11O4/c1-6-16-37-27(40)25-26(36(28(37)41)17-15-20-11-13-21(14-12-20)39(42)43)29-23(18-22-30-32-33-31-22)38(25)19-24(34(7-2)8-3)35(9-4)10-5/h11-14,24H,6-10,15-19H2,1-5H3,(H,30,31,32,33). The fourth-order valence-corrected chi connectivity index (χ4v) is 5.63. The third-order valence-corrected chi connectivity index (χ3v) is 7.94. The van der Waals surface area contributed by atoms with Crippen LogP contribution in [-0.4, -0.2) is 86.4 Å². The van der Waals surface area contributed by atoms with Gasteiger partial charge >= 0.3 is 5.69 Å². The van der Waals surface area contributed by atoms with E-state index in [0.717, 1.165) is 31.7 Å². The van der Waals surface area contributed by atoms with E-state index in [0.29, 0.717) is 42.2 Å². The molecule has 232 valence electrons. The molecule has 1 aromatic carbocycles. The van der Waals surface area contributed by atoms with Crippen LogP contribution in [0.15, 0.2) is 33.9 Å². The number of tetrazole rings is 1. The molecule has 0 radical (unpaired) electrons. The Bertz CT molecular complexity index is 1600. The number of hydrogen-bond acceptors (Lipinski definition) is 10. The van der Waals surface area contributed by atoms with E-state index in [1.807, 2.05) is 11.5 Å². The molecular formula is C28H41N11O4. The molecule has 0 aliphatic rings. The van der Waals surface area contributed by atoms with Crippen molar-refractivity contribution in [2.24, 2.45) is 0 Å². The Morgan fingerprint density at radius 1 is 0.930 bits per heavy atom. The van der Waals surface area contributed by atoms with Crippen LogP contribution in [0.4, 0.5) is 5.69 Å². The van der Waals surface area contributed by atoms with Crippen molar-refractivity contribution in [2.45, 2.75) is 79.7 Å². The largest absolute Gasteiger partial charge is 0.332 e. The number of nitrogens with zero attached hydrogens (tertiary/aromatic N) is 10. The van der Waals surface area contributed by atoms with Crippen molar-refractivity contribution in [3.8, 4) is 0 Å². The number of nitrogens with one attached hydrogen (secondary N) is 1. The Balaban J connectivity index is 1.91. The molecular weight excluding hydrogens is 554 g/mol. The average Bonchev–Trinajstić information content (AvgIpc) is 3.65. The van der Waals surface area contributed by atoms with Gasteiger partial charge in [0.2, 0.25) is 0 Å². The Labute approximate surface area is 249 Å². The van der Waals surface area contributed by atoms with Crippen LogP contribution in [0.1, 0.15) is 58.3 Å². The summed E-state index contributed by atoms with van der Waals surface area (Å²) in [6.07, 6.45) is 1.25. The topological polar surface area (TPSA) is 166 Å². The van der Waals surface area contributed by atoms with E-state index in [-0.39, 0.29) is 36.9 Å². The van der Waals surface area contributed by atoms with Crippen LogP contribution in [0, 0.1) is 10.1 Å². The minimum atomic E-state index is -0.444. The Morgan fingerprint density at radius 3 is 2.12 bits per heavy atom. The average molecular weight is 596 g/mol. The number of H-pyrrole nitrogens is 1. The maximum Gasteiger partial charge on any atom is 0.332 e. The Hall–Kier alpha value is -4.24. The monoisotopic (exact) mass is 595 g/mol. The van der Waals surface area contributed by atoms with E-state index in [2.05, 4.69) is 58.1 Å². The van der Waals surface area contributed by atoms with Crippen molar-refractivity contribution >= 4 is 16.9 Å². The molecule has 4 rings (SSSR count). The summed E-state index contributed by atoms with van der Waals surface area (Å²) in [6, 6.07) is 6.26. The van der Waals surface area contributed by atoms with Crippen molar-refractivity contribution in [1.82, 2.24) is 49.1 Å². The number of likely N-dealkylation sites (N-methyl/N-ethyl adjacent to an activating group) is 2. The SMILES string of the molecule is CCCn1c(=O)c2c(nc(Cc3nnn[nH]3)n2CC(N(CC)CC)N(CC)CC)n(CCc2ccc([N+](=O)[O-])cc2)c1=O. The zero-order chi connectivity index (χ0) is 31.1. The van der Waals surface area contributed by atoms with Crippen molar-refractivity contribution in [3.63, 3.8) is 0 Å². The molecule has 0 unspecified atom stereocenters. The van der Waals surface area contributed by atoms with Crippen LogP contribution in [0.3, 0.4) is 0 Å². The predicted molar refractivity (Wildman–Crippen MR) is 162 cm³/mol. The Kier molecular flexibility index (Phi) is 10.5. The molecule has 4 aromatic rings. The third kappa shape index (κ3) is 6.72. The molecule has 0 saturated carbocycles. The number of non-ortho nitro benzene ring substituents is 1. The van der Waals surface area contributed by atoms with Gasteiger partial charge in [-0.2, -0.15) is 0 Å². The highest BCUT2D eigenvalue weighted by Crippen LogP contribution is 2.19. The summed E-state index contributed by atoms with van der Waals surface area (Å²) >= 11 is 0. The van der Waals surface area contributed by atoms with Gasteiger partial charge in [-0.15, -0.1) is 5.10 Å². The maximum absolute atomic E-state index is 14.1. The number of aromatic nitrogens is 8. The lowest BCUT2D eigenvalue weighted by Crippen LogP contribution is -2.51. The number of benzene rings is 1. The van der Waals surface area contributed by atoms with Crippen molar-refractivity contribution < 1.29 is 4.92 Å². The van der Waals surface area contributed by atoms with Crippen LogP contribution in [-0.2, 0) is 32.5 Å². The minimum absolute atomic E-state index is 0.000974. The van der Waals surface area contributed by atoms with Gasteiger partial charge < -0.3 is 4.57 Å². The third-order valence-electron chi connectivity index (χ3n) is 7.94. The van der Waals surface area contributed by atoms with E-state index in [1.165, 1.54) is 16.7 Å². The zero-order valence-corrected chi connectivity index (χ0v) is 25.6. The fourth-order valence-electron chi connectivity index (χ4n) is 5.63. The molecule has 0 fully saturated rings. The van der Waals surface area contributed by atoms with E-state index in [1.54, 1.807) is 16.7 Å². The second kappa shape index (κ2) is 14.3. The molecule has 3 heterocycles. The predicted octanol–water partition coefficient (Wildman–Crippen LogP) is 2.03. The van der Waals surface area contributed by atoms with E-state index in [9.17, 15) is 19.7 Å². The van der Waals surface area contributed by atoms with Gasteiger partial charge in [-0.25, -0.2) is 14.9 Å². The van der Waals surface area contributed by atoms with Gasteiger partial charge in [0.05, 0.1) is 24.1 Å². The van der Waals surface area contributed by atoms with Crippen LogP contribution in [0.2, 0.25) is 0 Å². The van der Waals surface area contributed by atoms with Crippen LogP contribution >= 0.6 is 0 Å². The molecule has 15 nitrogen and oxygen atoms in total. The van der Waals surface area contributed by atoms with E-state index in [4.69, 9.17) is 4.98 Å². The highest BCUT2D eigenvalue weighted by molar-refractivity contribution is 5.71. The first-order valence-electron chi connectivity index (χ1n) is 14.9. The van der Waals surface area contributed by atoms with Crippen molar-refractivity contribution in [1.29, 1.82) is 0 Å². The normalized spacial score (nSPS) is 11.9. The summed E-state index contributed by atoms with van der Waals surface area (Å²) in [4.78, 5) is 48.1. The first-order valence-corrected chi connectivity index (χ1v) is 14.9. The van der Waals surface area contributed by atoms with E-state index < -0.39 is 10.6 Å². The van der Waals surface area contributed by atoms with Gasteiger partial charge in [0.1, 0.15) is 5.82 Å². The first-order chi connectivity index (χ1) is 20.8. The molecule has 3 aromatic heterocycles. The second-order valence-electron chi connectivity index (χ2n) is 10.3.